The van der Waals surface area contributed by atoms with Crippen LogP contribution in [0.5, 0.6) is 0 Å². The third-order valence-electron chi connectivity index (χ3n) is 18.5. The molecule has 5 aliphatic rings. The van der Waals surface area contributed by atoms with Crippen LogP contribution in [-0.2, 0) is 40.0 Å². The highest BCUT2D eigenvalue weighted by molar-refractivity contribution is 6.30. The average Bonchev–Trinajstić information content (AvgIpc) is 3.51. The lowest BCUT2D eigenvalue weighted by Gasteiger charge is -2.72. The molecule has 0 radical (unpaired) electrons. The monoisotopic (exact) mass is 937 g/mol. The molecule has 2 N–H and O–H groups in total. The van der Waals surface area contributed by atoms with Gasteiger partial charge >= 0.3 is 23.9 Å². The van der Waals surface area contributed by atoms with Crippen molar-refractivity contribution in [1.82, 2.24) is 9.80 Å². The second kappa shape index (κ2) is 18.6. The van der Waals surface area contributed by atoms with Gasteiger partial charge in [0.15, 0.2) is 5.78 Å². The molecule has 1 aromatic rings. The molecule has 12 heteroatoms. The van der Waals surface area contributed by atoms with Crippen LogP contribution in [0.15, 0.2) is 35.4 Å². The number of ketones is 1. The lowest BCUT2D eigenvalue weighted by molar-refractivity contribution is -0.235. The van der Waals surface area contributed by atoms with Crippen LogP contribution in [-0.4, -0.2) is 95.6 Å². The molecule has 0 aromatic heterocycles. The van der Waals surface area contributed by atoms with E-state index < -0.39 is 46.2 Å². The van der Waals surface area contributed by atoms with Crippen LogP contribution in [0.25, 0.3) is 0 Å². The van der Waals surface area contributed by atoms with E-state index in [1.54, 1.807) is 27.7 Å². The fourth-order valence-electron chi connectivity index (χ4n) is 14.5. The Morgan fingerprint density at radius 2 is 1.39 bits per heavy atom. The highest BCUT2D eigenvalue weighted by Crippen LogP contribution is 2.77. The van der Waals surface area contributed by atoms with Crippen molar-refractivity contribution < 1.29 is 43.7 Å². The average molecular weight is 938 g/mol. The number of nitrogens with zero attached hydrogens (tertiary/aromatic N) is 2. The summed E-state index contributed by atoms with van der Waals surface area (Å²) in [5.74, 6) is -2.24. The number of hydrogen-bond donors (Lipinski definition) is 2. The van der Waals surface area contributed by atoms with Crippen molar-refractivity contribution in [3.63, 3.8) is 0 Å². The number of fused-ring (bicyclic) bond motifs is 7. The lowest BCUT2D eigenvalue weighted by atomic mass is 9.33. The van der Waals surface area contributed by atoms with Crippen LogP contribution >= 0.6 is 11.6 Å². The molecule has 5 aliphatic carbocycles. The Hall–Kier alpha value is -3.28. The van der Waals surface area contributed by atoms with Crippen molar-refractivity contribution in [3.8, 4) is 0 Å². The molecule has 6 rings (SSSR count). The van der Waals surface area contributed by atoms with Gasteiger partial charge in [-0.15, -0.1) is 0 Å². The minimum absolute atomic E-state index is 0.0309. The van der Waals surface area contributed by atoms with Crippen LogP contribution in [0, 0.1) is 61.6 Å². The molecule has 2 unspecified atom stereocenters. The molecule has 0 aliphatic heterocycles. The Kier molecular flexibility index (Phi) is 14.7. The van der Waals surface area contributed by atoms with E-state index in [-0.39, 0.29) is 70.6 Å². The summed E-state index contributed by atoms with van der Waals surface area (Å²) in [6, 6.07) is 7.81. The fourth-order valence-corrected chi connectivity index (χ4v) is 14.6. The summed E-state index contributed by atoms with van der Waals surface area (Å²) in [7, 11) is 4.08. The lowest BCUT2D eigenvalue weighted by Crippen LogP contribution is -2.66. The van der Waals surface area contributed by atoms with Gasteiger partial charge in [-0.3, -0.25) is 28.9 Å². The first-order valence-corrected chi connectivity index (χ1v) is 25.1. The van der Waals surface area contributed by atoms with E-state index in [4.69, 9.17) is 21.1 Å². The zero-order chi connectivity index (χ0) is 49.2. The third kappa shape index (κ3) is 9.41. The molecule has 0 bridgehead atoms. The van der Waals surface area contributed by atoms with Crippen molar-refractivity contribution in [3.05, 3.63) is 46.0 Å². The van der Waals surface area contributed by atoms with Crippen LogP contribution in [0.2, 0.25) is 5.02 Å². The molecule has 66 heavy (non-hydrogen) atoms. The predicted molar refractivity (Wildman–Crippen MR) is 257 cm³/mol. The van der Waals surface area contributed by atoms with E-state index in [9.17, 15) is 34.2 Å². The molecule has 4 fully saturated rings. The van der Waals surface area contributed by atoms with Gasteiger partial charge in [0.2, 0.25) is 0 Å². The van der Waals surface area contributed by atoms with Crippen molar-refractivity contribution in [2.45, 2.75) is 166 Å². The molecule has 11 nitrogen and oxygen atoms in total. The normalized spacial score (nSPS) is 32.3. The highest BCUT2D eigenvalue weighted by atomic mass is 35.5. The number of Topliss-reactive ketones (excluding diaryl/α,β-unsaturated/α-hetero) is 1. The number of hydrogen-bond acceptors (Lipinski definition) is 9. The zero-order valence-electron chi connectivity index (χ0n) is 42.4. The van der Waals surface area contributed by atoms with E-state index >= 15 is 0 Å². The number of carboxylic acid groups (broad SMARTS) is 2. The largest absolute Gasteiger partial charge is 0.481 e. The first kappa shape index (κ1) is 52.1. The number of aliphatic carboxylic acids is 2. The van der Waals surface area contributed by atoms with E-state index in [2.05, 4.69) is 58.3 Å². The maximum atomic E-state index is 14.8. The van der Waals surface area contributed by atoms with Crippen molar-refractivity contribution in [1.29, 1.82) is 0 Å². The molecular weight excluding hydrogens is 856 g/mol. The van der Waals surface area contributed by atoms with Gasteiger partial charge in [-0.1, -0.05) is 72.2 Å². The second-order valence-electron chi connectivity index (χ2n) is 24.6. The zero-order valence-corrected chi connectivity index (χ0v) is 43.2. The number of likely N-dealkylation sites (N-methyl/N-ethyl adjacent to an activating group) is 1. The molecule has 9 atom stereocenters. The Bertz CT molecular complexity index is 2080. The van der Waals surface area contributed by atoms with E-state index in [0.717, 1.165) is 62.6 Å². The minimum Gasteiger partial charge on any atom is -0.481 e. The van der Waals surface area contributed by atoms with Crippen LogP contribution in [0.1, 0.15) is 152 Å². The van der Waals surface area contributed by atoms with Crippen LogP contribution < -0.4 is 0 Å². The molecule has 1 aromatic carbocycles. The Labute approximate surface area is 400 Å². The van der Waals surface area contributed by atoms with Gasteiger partial charge in [-0.2, -0.15) is 0 Å². The number of halogens is 1. The number of rotatable bonds is 17. The van der Waals surface area contributed by atoms with Gasteiger partial charge in [0, 0.05) is 48.5 Å². The Morgan fingerprint density at radius 3 is 1.97 bits per heavy atom. The van der Waals surface area contributed by atoms with E-state index in [0.29, 0.717) is 37.0 Å². The summed E-state index contributed by atoms with van der Waals surface area (Å²) in [6.45, 7) is 24.9. The quantitative estimate of drug-likeness (QED) is 0.144. The van der Waals surface area contributed by atoms with Crippen LogP contribution in [0.3, 0.4) is 0 Å². The molecule has 0 spiro atoms. The van der Waals surface area contributed by atoms with Crippen molar-refractivity contribution in [2.75, 3.05) is 33.7 Å². The summed E-state index contributed by atoms with van der Waals surface area (Å²) in [5, 5.41) is 20.4. The number of carbonyl (C=O) groups is 5. The molecule has 0 amide bonds. The highest BCUT2D eigenvalue weighted by Gasteiger charge is 2.71. The van der Waals surface area contributed by atoms with Gasteiger partial charge < -0.3 is 24.6 Å². The van der Waals surface area contributed by atoms with E-state index in [1.807, 2.05) is 38.4 Å². The first-order valence-electron chi connectivity index (χ1n) is 24.7. The van der Waals surface area contributed by atoms with Gasteiger partial charge in [-0.05, 0) is 162 Å². The third-order valence-corrected chi connectivity index (χ3v) is 18.8. The number of carboxylic acids is 2. The summed E-state index contributed by atoms with van der Waals surface area (Å²) >= 11 is 6.31. The second-order valence-corrected chi connectivity index (χ2v) is 25.0. The number of allylic oxidation sites excluding steroid dienone is 1. The molecular formula is C54H81ClN2O9. The maximum Gasteiger partial charge on any atom is 0.309 e. The smallest absolute Gasteiger partial charge is 0.309 e. The molecule has 0 saturated heterocycles. The Balaban J connectivity index is 1.38. The van der Waals surface area contributed by atoms with Gasteiger partial charge in [-0.25, -0.2) is 0 Å². The topological polar surface area (TPSA) is 151 Å². The van der Waals surface area contributed by atoms with Crippen molar-refractivity contribution >= 4 is 41.3 Å². The van der Waals surface area contributed by atoms with Crippen LogP contribution in [0.4, 0.5) is 0 Å². The summed E-state index contributed by atoms with van der Waals surface area (Å²) < 4.78 is 13.0. The minimum atomic E-state index is -1.33. The molecule has 4 saturated carbocycles. The van der Waals surface area contributed by atoms with E-state index in [1.165, 1.54) is 5.57 Å². The predicted octanol–water partition coefficient (Wildman–Crippen LogP) is 10.5. The Morgan fingerprint density at radius 1 is 0.788 bits per heavy atom. The van der Waals surface area contributed by atoms with Gasteiger partial charge in [0.25, 0.3) is 0 Å². The maximum absolute atomic E-state index is 14.8. The number of carbonyl (C=O) groups excluding carboxylic acids is 3. The SMILES string of the molecule is CC(C)C1=C2[C@H]3CC[C@@H]4[C@@]5(C)CC[C@H](OC(=O)CC(C)(C)C(=O)O)C(C)(C)[C@@H]5CC[C@@]4(C)[C@]3(C)CCC2(C(CN(CCN(C)C)Cc2ccc(Cl)cc2)OC(=O)CC(C)(C)C(=O)O)CC1=O. The number of esters is 2. The molecule has 368 valence electrons. The number of ether oxygens (including phenoxy) is 2. The fraction of sp³-hybridized carbons (Fsp3) is 0.759. The van der Waals surface area contributed by atoms with Gasteiger partial charge in [0.1, 0.15) is 12.2 Å². The summed E-state index contributed by atoms with van der Waals surface area (Å²) in [4.78, 5) is 71.0. The standard InChI is InChI=1S/C54H81ClN2O9/c1-33(2)44-37(58)28-54(41(66-43(60)30-49(5,6)47(63)64)32-57(27-26-56(12)13)31-34-14-16-35(55)17-15-34)25-24-52(10)36(45(44)54)18-19-39-51(9)22-21-40(65-42(59)29-48(3,4)46(61)62)50(7,8)38(51)20-23-53(39,52)11/h14-17,33,36,38-41H,18-32H2,1-13H3,(H,61,62)(H,63,64)/t36-,38+,39-,40+,41?,51+,52-,53-,54?/m1/s1. The number of benzene rings is 1. The van der Waals surface area contributed by atoms with Gasteiger partial charge in [0.05, 0.1) is 23.7 Å². The molecule has 0 heterocycles. The summed E-state index contributed by atoms with van der Waals surface area (Å²) in [5.41, 5.74) is -0.739. The summed E-state index contributed by atoms with van der Waals surface area (Å²) in [6.07, 6.45) is 5.84. The first-order chi connectivity index (χ1) is 30.4. The van der Waals surface area contributed by atoms with Crippen molar-refractivity contribution in [2.24, 2.45) is 61.6 Å².